The normalized spacial score (nSPS) is 12.3. The van der Waals surface area contributed by atoms with Crippen LogP contribution in [0.3, 0.4) is 0 Å². The van der Waals surface area contributed by atoms with Crippen molar-refractivity contribution in [1.82, 2.24) is 8.87 Å². The first-order chi connectivity index (χ1) is 12.9. The van der Waals surface area contributed by atoms with E-state index >= 15 is 0 Å². The average Bonchev–Trinajstić information content (AvgIpc) is 2.96. The minimum Gasteiger partial charge on any atom is -0.408 e. The van der Waals surface area contributed by atoms with Crippen molar-refractivity contribution in [2.75, 3.05) is 14.1 Å². The number of aromatic nitrogens is 1. The van der Waals surface area contributed by atoms with Crippen LogP contribution >= 0.6 is 0 Å². The molecule has 0 saturated carbocycles. The van der Waals surface area contributed by atoms with Gasteiger partial charge in [-0.25, -0.2) is 17.5 Å². The maximum absolute atomic E-state index is 12.4. The van der Waals surface area contributed by atoms with E-state index in [0.717, 1.165) is 20.6 Å². The Morgan fingerprint density at radius 3 is 2.52 bits per heavy atom. The first-order valence-electron chi connectivity index (χ1n) is 8.40. The molecule has 0 aliphatic carbocycles. The zero-order valence-electron chi connectivity index (χ0n) is 14.9. The third kappa shape index (κ3) is 2.94. The molecule has 1 aromatic heterocycles. The van der Waals surface area contributed by atoms with Gasteiger partial charge in [0.15, 0.2) is 5.58 Å². The van der Waals surface area contributed by atoms with Crippen LogP contribution in [0.15, 0.2) is 74.8 Å². The van der Waals surface area contributed by atoms with E-state index in [1.807, 2.05) is 42.5 Å². The first kappa shape index (κ1) is 17.5. The van der Waals surface area contributed by atoms with E-state index in [4.69, 9.17) is 4.42 Å². The Bertz CT molecular complexity index is 1310. The summed E-state index contributed by atoms with van der Waals surface area (Å²) >= 11 is 0. The van der Waals surface area contributed by atoms with Gasteiger partial charge in [-0.05, 0) is 28.5 Å². The minimum atomic E-state index is -3.60. The van der Waals surface area contributed by atoms with Gasteiger partial charge >= 0.3 is 5.76 Å². The Labute approximate surface area is 156 Å². The molecule has 0 unspecified atom stereocenters. The predicted octanol–water partition coefficient (Wildman–Crippen LogP) is 3.05. The number of oxazole rings is 1. The highest BCUT2D eigenvalue weighted by Crippen LogP contribution is 2.23. The van der Waals surface area contributed by atoms with E-state index < -0.39 is 15.8 Å². The van der Waals surface area contributed by atoms with E-state index in [0.29, 0.717) is 12.1 Å². The van der Waals surface area contributed by atoms with E-state index in [2.05, 4.69) is 0 Å². The number of rotatable bonds is 4. The summed E-state index contributed by atoms with van der Waals surface area (Å²) in [6, 6.07) is 18.4. The molecule has 0 saturated heterocycles. The van der Waals surface area contributed by atoms with Crippen LogP contribution in [-0.4, -0.2) is 31.4 Å². The van der Waals surface area contributed by atoms with Gasteiger partial charge in [0.05, 0.1) is 17.0 Å². The number of benzene rings is 3. The molecule has 0 aliphatic rings. The smallest absolute Gasteiger partial charge is 0.408 e. The quantitative estimate of drug-likeness (QED) is 0.544. The van der Waals surface area contributed by atoms with Gasteiger partial charge < -0.3 is 4.42 Å². The predicted molar refractivity (Wildman–Crippen MR) is 104 cm³/mol. The molecular weight excluding hydrogens is 364 g/mol. The molecule has 0 atom stereocenters. The SMILES string of the molecule is CN(C)S(=O)(=O)c1ccc2c(c1)oc(=O)n2Cc1cccc2ccccc12. The highest BCUT2D eigenvalue weighted by atomic mass is 32.2. The molecule has 0 spiro atoms. The molecule has 3 aromatic carbocycles. The lowest BCUT2D eigenvalue weighted by molar-refractivity contribution is 0.514. The first-order valence-corrected chi connectivity index (χ1v) is 9.84. The molecular formula is C20H18N2O4S. The van der Waals surface area contributed by atoms with Gasteiger partial charge in [0.1, 0.15) is 0 Å². The highest BCUT2D eigenvalue weighted by Gasteiger charge is 2.20. The maximum atomic E-state index is 12.4. The molecule has 27 heavy (non-hydrogen) atoms. The molecule has 0 amide bonds. The zero-order valence-corrected chi connectivity index (χ0v) is 15.7. The summed E-state index contributed by atoms with van der Waals surface area (Å²) in [6.07, 6.45) is 0. The second kappa shape index (κ2) is 6.37. The maximum Gasteiger partial charge on any atom is 0.420 e. The van der Waals surface area contributed by atoms with Crippen molar-refractivity contribution in [3.05, 3.63) is 76.8 Å². The van der Waals surface area contributed by atoms with Gasteiger partial charge in [0.25, 0.3) is 0 Å². The van der Waals surface area contributed by atoms with Crippen LogP contribution in [-0.2, 0) is 16.6 Å². The van der Waals surface area contributed by atoms with E-state index in [1.165, 1.54) is 30.8 Å². The molecule has 6 nitrogen and oxygen atoms in total. The number of nitrogens with zero attached hydrogens (tertiary/aromatic N) is 2. The summed E-state index contributed by atoms with van der Waals surface area (Å²) in [5.74, 6) is -0.516. The molecule has 0 radical (unpaired) electrons. The van der Waals surface area contributed by atoms with Crippen LogP contribution in [0.4, 0.5) is 0 Å². The Morgan fingerprint density at radius 1 is 1.00 bits per heavy atom. The topological polar surface area (TPSA) is 72.5 Å². The summed E-state index contributed by atoms with van der Waals surface area (Å²) in [6.45, 7) is 0.340. The molecule has 4 aromatic rings. The molecule has 0 fully saturated rings. The van der Waals surface area contributed by atoms with Gasteiger partial charge in [-0.2, -0.15) is 0 Å². The molecule has 0 aliphatic heterocycles. The average molecular weight is 382 g/mol. The van der Waals surface area contributed by atoms with Crippen molar-refractivity contribution in [3.8, 4) is 0 Å². The minimum absolute atomic E-state index is 0.0889. The summed E-state index contributed by atoms with van der Waals surface area (Å²) < 4.78 is 32.6. The molecule has 0 N–H and O–H groups in total. The summed E-state index contributed by atoms with van der Waals surface area (Å²) in [5, 5.41) is 2.16. The largest absolute Gasteiger partial charge is 0.420 e. The van der Waals surface area contributed by atoms with Crippen LogP contribution < -0.4 is 5.76 Å². The fraction of sp³-hybridized carbons (Fsp3) is 0.150. The molecule has 0 bridgehead atoms. The zero-order chi connectivity index (χ0) is 19.2. The highest BCUT2D eigenvalue weighted by molar-refractivity contribution is 7.89. The van der Waals surface area contributed by atoms with Crippen molar-refractivity contribution in [3.63, 3.8) is 0 Å². The summed E-state index contributed by atoms with van der Waals surface area (Å²) in [7, 11) is -0.678. The van der Waals surface area contributed by atoms with Crippen LogP contribution in [0.1, 0.15) is 5.56 Å². The van der Waals surface area contributed by atoms with Gasteiger partial charge in [-0.3, -0.25) is 4.57 Å². The number of fused-ring (bicyclic) bond motifs is 2. The molecule has 1 heterocycles. The molecule has 4 rings (SSSR count). The third-order valence-electron chi connectivity index (χ3n) is 4.63. The lowest BCUT2D eigenvalue weighted by Gasteiger charge is -2.11. The summed E-state index contributed by atoms with van der Waals surface area (Å²) in [5.41, 5.74) is 1.80. The fourth-order valence-electron chi connectivity index (χ4n) is 3.17. The van der Waals surface area contributed by atoms with Gasteiger partial charge in [0, 0.05) is 20.2 Å². The van der Waals surface area contributed by atoms with Gasteiger partial charge in [0.2, 0.25) is 10.0 Å². The lowest BCUT2D eigenvalue weighted by atomic mass is 10.0. The van der Waals surface area contributed by atoms with Crippen LogP contribution in [0.25, 0.3) is 21.9 Å². The van der Waals surface area contributed by atoms with Crippen molar-refractivity contribution < 1.29 is 12.8 Å². The fourth-order valence-corrected chi connectivity index (χ4v) is 4.09. The second-order valence-corrected chi connectivity index (χ2v) is 8.66. The van der Waals surface area contributed by atoms with Crippen molar-refractivity contribution in [1.29, 1.82) is 0 Å². The third-order valence-corrected chi connectivity index (χ3v) is 6.44. The van der Waals surface area contributed by atoms with Crippen LogP contribution in [0.5, 0.6) is 0 Å². The summed E-state index contributed by atoms with van der Waals surface area (Å²) in [4.78, 5) is 12.5. The Morgan fingerprint density at radius 2 is 1.74 bits per heavy atom. The van der Waals surface area contributed by atoms with E-state index in [1.54, 1.807) is 6.07 Å². The molecule has 138 valence electrons. The Kier molecular flexibility index (Phi) is 4.13. The van der Waals surface area contributed by atoms with Crippen molar-refractivity contribution in [2.24, 2.45) is 0 Å². The van der Waals surface area contributed by atoms with Gasteiger partial charge in [-0.1, -0.05) is 42.5 Å². The Hall–Kier alpha value is -2.90. The second-order valence-electron chi connectivity index (χ2n) is 6.51. The number of sulfonamides is 1. The van der Waals surface area contributed by atoms with E-state index in [-0.39, 0.29) is 10.5 Å². The van der Waals surface area contributed by atoms with Crippen molar-refractivity contribution in [2.45, 2.75) is 11.4 Å². The van der Waals surface area contributed by atoms with Crippen molar-refractivity contribution >= 4 is 31.9 Å². The molecule has 7 heteroatoms. The van der Waals surface area contributed by atoms with Crippen LogP contribution in [0, 0.1) is 0 Å². The van der Waals surface area contributed by atoms with E-state index in [9.17, 15) is 13.2 Å². The Balaban J connectivity index is 1.83. The number of hydrogen-bond donors (Lipinski definition) is 0. The standard InChI is InChI=1S/C20H18N2O4S/c1-21(2)27(24,25)16-10-11-18-19(12-16)26-20(23)22(18)13-15-8-5-7-14-6-3-4-9-17(14)15/h3-12H,13H2,1-2H3. The monoisotopic (exact) mass is 382 g/mol. The van der Waals surface area contributed by atoms with Crippen LogP contribution in [0.2, 0.25) is 0 Å². The number of hydrogen-bond acceptors (Lipinski definition) is 4. The van der Waals surface area contributed by atoms with Gasteiger partial charge in [-0.15, -0.1) is 0 Å². The lowest BCUT2D eigenvalue weighted by Crippen LogP contribution is -2.22.